The van der Waals surface area contributed by atoms with Crippen LogP contribution in [0.2, 0.25) is 10.0 Å². The number of nitrogens with one attached hydrogen (secondary N) is 2. The van der Waals surface area contributed by atoms with Crippen molar-refractivity contribution in [3.05, 3.63) is 33.8 Å². The van der Waals surface area contributed by atoms with Crippen molar-refractivity contribution in [2.45, 2.75) is 24.7 Å². The van der Waals surface area contributed by atoms with Gasteiger partial charge < -0.3 is 10.6 Å². The second-order valence-corrected chi connectivity index (χ2v) is 8.49. The molecule has 0 unspecified atom stereocenters. The van der Waals surface area contributed by atoms with Gasteiger partial charge in [-0.25, -0.2) is 0 Å². The average Bonchev–Trinajstić information content (AvgIpc) is 2.98. The number of thioether (sulfide) groups is 1. The van der Waals surface area contributed by atoms with E-state index in [9.17, 15) is 4.79 Å². The number of anilines is 1. The maximum Gasteiger partial charge on any atom is 0.230 e. The van der Waals surface area contributed by atoms with Crippen LogP contribution in [0.15, 0.2) is 22.5 Å². The topological polar surface area (TPSA) is 66.9 Å². The molecule has 1 aromatic heterocycles. The first kappa shape index (κ1) is 19.3. The molecule has 0 atom stereocenters. The maximum absolute atomic E-state index is 11.9. The van der Waals surface area contributed by atoms with Crippen LogP contribution >= 0.6 is 46.3 Å². The van der Waals surface area contributed by atoms with Crippen molar-refractivity contribution in [3.8, 4) is 0 Å². The standard InChI is InChI=1S/C15H18Cl2N4OS2/c1-9(2)6-19-14-20-21-15(24-14)23-8-13(22)18-7-10-3-4-11(16)5-12(10)17/h3-5,9H,6-8H2,1-2H3,(H,18,22)(H,19,20). The molecule has 0 fully saturated rings. The summed E-state index contributed by atoms with van der Waals surface area (Å²) in [6, 6.07) is 5.21. The van der Waals surface area contributed by atoms with Gasteiger partial charge in [-0.15, -0.1) is 10.2 Å². The van der Waals surface area contributed by atoms with Gasteiger partial charge in [0, 0.05) is 23.1 Å². The summed E-state index contributed by atoms with van der Waals surface area (Å²) in [6.07, 6.45) is 0. The Morgan fingerprint density at radius 2 is 2.12 bits per heavy atom. The highest BCUT2D eigenvalue weighted by molar-refractivity contribution is 8.01. The number of carbonyl (C=O) groups excluding carboxylic acids is 1. The second-order valence-electron chi connectivity index (χ2n) is 5.45. The van der Waals surface area contributed by atoms with Crippen molar-refractivity contribution in [2.75, 3.05) is 17.6 Å². The van der Waals surface area contributed by atoms with E-state index in [4.69, 9.17) is 23.2 Å². The zero-order valence-corrected chi connectivity index (χ0v) is 16.5. The van der Waals surface area contributed by atoms with Crippen molar-refractivity contribution in [1.82, 2.24) is 15.5 Å². The Morgan fingerprint density at radius 1 is 1.33 bits per heavy atom. The van der Waals surface area contributed by atoms with Gasteiger partial charge in [0.2, 0.25) is 11.0 Å². The highest BCUT2D eigenvalue weighted by Crippen LogP contribution is 2.25. The van der Waals surface area contributed by atoms with Crippen molar-refractivity contribution < 1.29 is 4.79 Å². The minimum absolute atomic E-state index is 0.0853. The number of rotatable bonds is 8. The summed E-state index contributed by atoms with van der Waals surface area (Å²) < 4.78 is 0.765. The van der Waals surface area contributed by atoms with Crippen molar-refractivity contribution >= 4 is 57.3 Å². The fourth-order valence-electron chi connectivity index (χ4n) is 1.67. The van der Waals surface area contributed by atoms with Crippen LogP contribution in [0.5, 0.6) is 0 Å². The fourth-order valence-corrected chi connectivity index (χ4v) is 3.73. The maximum atomic E-state index is 11.9. The lowest BCUT2D eigenvalue weighted by Crippen LogP contribution is -2.24. The van der Waals surface area contributed by atoms with E-state index in [-0.39, 0.29) is 11.7 Å². The molecule has 24 heavy (non-hydrogen) atoms. The van der Waals surface area contributed by atoms with E-state index in [0.29, 0.717) is 22.5 Å². The molecule has 0 radical (unpaired) electrons. The van der Waals surface area contributed by atoms with Crippen LogP contribution in [0.1, 0.15) is 19.4 Å². The van der Waals surface area contributed by atoms with E-state index in [2.05, 4.69) is 34.7 Å². The first-order valence-corrected chi connectivity index (χ1v) is 9.90. The Hall–Kier alpha value is -1.02. The molecule has 0 saturated heterocycles. The van der Waals surface area contributed by atoms with E-state index in [1.165, 1.54) is 23.1 Å². The molecule has 0 aliphatic heterocycles. The van der Waals surface area contributed by atoms with Gasteiger partial charge >= 0.3 is 0 Å². The molecular formula is C15H18Cl2N4OS2. The quantitative estimate of drug-likeness (QED) is 0.641. The van der Waals surface area contributed by atoms with Gasteiger partial charge in [0.15, 0.2) is 4.34 Å². The zero-order valence-electron chi connectivity index (χ0n) is 13.3. The van der Waals surface area contributed by atoms with Crippen molar-refractivity contribution in [3.63, 3.8) is 0 Å². The number of hydrogen-bond donors (Lipinski definition) is 2. The second kappa shape index (κ2) is 9.46. The largest absolute Gasteiger partial charge is 0.360 e. The highest BCUT2D eigenvalue weighted by Gasteiger charge is 2.09. The van der Waals surface area contributed by atoms with Crippen LogP contribution in [-0.2, 0) is 11.3 Å². The van der Waals surface area contributed by atoms with Crippen LogP contribution in [0, 0.1) is 5.92 Å². The highest BCUT2D eigenvalue weighted by atomic mass is 35.5. The molecule has 0 aliphatic carbocycles. The van der Waals surface area contributed by atoms with Gasteiger partial charge in [0.25, 0.3) is 0 Å². The average molecular weight is 405 g/mol. The Morgan fingerprint density at radius 3 is 2.83 bits per heavy atom. The summed E-state index contributed by atoms with van der Waals surface area (Å²) in [7, 11) is 0. The molecule has 0 saturated carbocycles. The molecule has 0 bridgehead atoms. The van der Waals surface area contributed by atoms with Gasteiger partial charge in [0.1, 0.15) is 0 Å². The minimum atomic E-state index is -0.0853. The Labute approximate surface area is 159 Å². The van der Waals surface area contributed by atoms with Gasteiger partial charge in [-0.3, -0.25) is 4.79 Å². The molecule has 5 nitrogen and oxygen atoms in total. The molecule has 1 amide bonds. The van der Waals surface area contributed by atoms with Crippen molar-refractivity contribution in [1.29, 1.82) is 0 Å². The Balaban J connectivity index is 1.75. The summed E-state index contributed by atoms with van der Waals surface area (Å²) >= 11 is 14.7. The lowest BCUT2D eigenvalue weighted by Gasteiger charge is -2.06. The third-order valence-electron chi connectivity index (χ3n) is 2.89. The molecule has 2 N–H and O–H groups in total. The number of hydrogen-bond acceptors (Lipinski definition) is 6. The molecule has 1 heterocycles. The Bertz CT molecular complexity index is 694. The van der Waals surface area contributed by atoms with E-state index in [0.717, 1.165) is 21.6 Å². The van der Waals surface area contributed by atoms with E-state index in [1.54, 1.807) is 18.2 Å². The third kappa shape index (κ3) is 6.47. The molecule has 0 spiro atoms. The number of benzene rings is 1. The fraction of sp³-hybridized carbons (Fsp3) is 0.400. The molecular weight excluding hydrogens is 387 g/mol. The molecule has 1 aromatic carbocycles. The van der Waals surface area contributed by atoms with Crippen LogP contribution in [0.3, 0.4) is 0 Å². The minimum Gasteiger partial charge on any atom is -0.360 e. The predicted molar refractivity (Wildman–Crippen MR) is 102 cm³/mol. The number of aromatic nitrogens is 2. The molecule has 9 heteroatoms. The van der Waals surface area contributed by atoms with Gasteiger partial charge in [0.05, 0.1) is 5.75 Å². The summed E-state index contributed by atoms with van der Waals surface area (Å²) in [6.45, 7) is 5.47. The third-order valence-corrected chi connectivity index (χ3v) is 5.49. The van der Waals surface area contributed by atoms with Crippen LogP contribution in [0.4, 0.5) is 5.13 Å². The predicted octanol–water partition coefficient (Wildman–Crippen LogP) is 4.32. The van der Waals surface area contributed by atoms with E-state index in [1.807, 2.05) is 0 Å². The van der Waals surface area contributed by atoms with E-state index >= 15 is 0 Å². The number of amides is 1. The molecule has 130 valence electrons. The van der Waals surface area contributed by atoms with Crippen LogP contribution in [0.25, 0.3) is 0 Å². The monoisotopic (exact) mass is 404 g/mol. The SMILES string of the molecule is CC(C)CNc1nnc(SCC(=O)NCc2ccc(Cl)cc2Cl)s1. The number of nitrogens with zero attached hydrogens (tertiary/aromatic N) is 2. The molecule has 0 aliphatic rings. The lowest BCUT2D eigenvalue weighted by molar-refractivity contribution is -0.118. The van der Waals surface area contributed by atoms with Gasteiger partial charge in [-0.05, 0) is 23.6 Å². The van der Waals surface area contributed by atoms with Crippen LogP contribution in [-0.4, -0.2) is 28.4 Å². The lowest BCUT2D eigenvalue weighted by atomic mass is 10.2. The number of halogens is 2. The smallest absolute Gasteiger partial charge is 0.230 e. The summed E-state index contributed by atoms with van der Waals surface area (Å²) in [5.74, 6) is 0.734. The summed E-state index contributed by atoms with van der Waals surface area (Å²) in [5, 5.41) is 16.1. The van der Waals surface area contributed by atoms with Crippen molar-refractivity contribution in [2.24, 2.45) is 5.92 Å². The molecule has 2 aromatic rings. The Kier molecular flexibility index (Phi) is 7.61. The van der Waals surface area contributed by atoms with E-state index < -0.39 is 0 Å². The normalized spacial score (nSPS) is 10.9. The first-order chi connectivity index (χ1) is 11.4. The van der Waals surface area contributed by atoms with Gasteiger partial charge in [-0.1, -0.05) is 66.2 Å². The zero-order chi connectivity index (χ0) is 17.5. The molecule has 2 rings (SSSR count). The summed E-state index contributed by atoms with van der Waals surface area (Å²) in [5.41, 5.74) is 0.829. The van der Waals surface area contributed by atoms with Crippen LogP contribution < -0.4 is 10.6 Å². The number of carbonyl (C=O) groups is 1. The van der Waals surface area contributed by atoms with Gasteiger partial charge in [-0.2, -0.15) is 0 Å². The first-order valence-electron chi connectivity index (χ1n) is 7.35. The summed E-state index contributed by atoms with van der Waals surface area (Å²) in [4.78, 5) is 11.9.